The van der Waals surface area contributed by atoms with Gasteiger partial charge in [-0.15, -0.1) is 11.3 Å². The van der Waals surface area contributed by atoms with Crippen LogP contribution in [0.15, 0.2) is 212 Å². The van der Waals surface area contributed by atoms with Gasteiger partial charge in [-0.25, -0.2) is 0 Å². The van der Waals surface area contributed by atoms with Crippen LogP contribution in [0.5, 0.6) is 0 Å². The topological polar surface area (TPSA) is 62.4 Å². The van der Waals surface area contributed by atoms with Crippen molar-refractivity contribution in [2.75, 3.05) is 0 Å². The molecule has 0 atom stereocenters. The molecule has 314 valence electrons. The highest BCUT2D eigenvalue weighted by atomic mass is 32.1. The van der Waals surface area contributed by atoms with E-state index in [0.29, 0.717) is 16.7 Å². The molecule has 0 saturated heterocycles. The number of aromatic nitrogens is 3. The summed E-state index contributed by atoms with van der Waals surface area (Å²) in [6, 6.07) is 79.9. The van der Waals surface area contributed by atoms with Gasteiger partial charge in [-0.1, -0.05) is 133 Å². The number of fused-ring (bicyclic) bond motifs is 13. The van der Waals surface area contributed by atoms with E-state index in [0.717, 1.165) is 77.6 Å². The van der Waals surface area contributed by atoms with Crippen LogP contribution in [0, 0.1) is 22.7 Å². The molecule has 0 saturated carbocycles. The summed E-state index contributed by atoms with van der Waals surface area (Å²) in [5.41, 5.74) is 13.5. The number of rotatable bonds is 5. The Morgan fingerprint density at radius 1 is 0.353 bits per heavy atom. The lowest BCUT2D eigenvalue weighted by Crippen LogP contribution is -2.03. The van der Waals surface area contributed by atoms with Crippen molar-refractivity contribution >= 4 is 96.9 Å². The summed E-state index contributed by atoms with van der Waals surface area (Å²) in [5.74, 6) is 0. The molecule has 4 aromatic heterocycles. The first-order chi connectivity index (χ1) is 33.7. The van der Waals surface area contributed by atoms with Crippen LogP contribution in [0.2, 0.25) is 0 Å². The molecular formula is C62H35N5S. The Balaban J connectivity index is 1.13. The van der Waals surface area contributed by atoms with E-state index in [4.69, 9.17) is 0 Å². The average Bonchev–Trinajstić information content (AvgIpc) is 4.14. The van der Waals surface area contributed by atoms with Crippen LogP contribution in [-0.2, 0) is 0 Å². The smallest absolute Gasteiger partial charge is 0.0998 e. The Morgan fingerprint density at radius 2 is 0.956 bits per heavy atom. The predicted octanol–water partition coefficient (Wildman–Crippen LogP) is 16.4. The molecule has 0 aliphatic carbocycles. The highest BCUT2D eigenvalue weighted by molar-refractivity contribution is 7.25. The minimum absolute atomic E-state index is 0.438. The summed E-state index contributed by atoms with van der Waals surface area (Å²) in [5, 5.41) is 31.6. The van der Waals surface area contributed by atoms with E-state index in [1.54, 1.807) is 0 Å². The Labute approximate surface area is 394 Å². The van der Waals surface area contributed by atoms with Gasteiger partial charge >= 0.3 is 0 Å². The zero-order chi connectivity index (χ0) is 45.0. The molecule has 10 aromatic carbocycles. The van der Waals surface area contributed by atoms with Gasteiger partial charge in [-0.2, -0.15) is 10.5 Å². The quantitative estimate of drug-likeness (QED) is 0.173. The van der Waals surface area contributed by atoms with Crippen molar-refractivity contribution in [3.8, 4) is 51.5 Å². The summed E-state index contributed by atoms with van der Waals surface area (Å²) in [6.07, 6.45) is 0. The number of nitrogens with zero attached hydrogens (tertiary/aromatic N) is 5. The van der Waals surface area contributed by atoms with Crippen LogP contribution < -0.4 is 0 Å². The normalized spacial score (nSPS) is 11.8. The third-order valence-corrected chi connectivity index (χ3v) is 15.0. The molecule has 0 unspecified atom stereocenters. The lowest BCUT2D eigenvalue weighted by molar-refractivity contribution is 1.13. The van der Waals surface area contributed by atoms with Crippen LogP contribution in [0.4, 0.5) is 0 Å². The molecule has 0 aliphatic rings. The third-order valence-electron chi connectivity index (χ3n) is 13.9. The molecule has 68 heavy (non-hydrogen) atoms. The van der Waals surface area contributed by atoms with Crippen LogP contribution >= 0.6 is 11.3 Å². The minimum Gasteiger partial charge on any atom is -0.309 e. The van der Waals surface area contributed by atoms with Crippen LogP contribution in [0.1, 0.15) is 11.1 Å². The SMILES string of the molecule is N#Cc1cc(-c2ccccc2)cc(C#N)c1-c1ccc(-n2c3ccccc3c3cc4c(cc32)sc2ccccc24)cc1-n1c2ccccc2c2c1ccc1c3ccccc3n(-c3ccccc3)c12. The second-order valence-corrected chi connectivity index (χ2v) is 18.5. The molecule has 0 bridgehead atoms. The van der Waals surface area contributed by atoms with Crippen molar-refractivity contribution in [2.45, 2.75) is 0 Å². The van der Waals surface area contributed by atoms with E-state index in [2.05, 4.69) is 196 Å². The van der Waals surface area contributed by atoms with Crippen LogP contribution in [0.3, 0.4) is 0 Å². The van der Waals surface area contributed by atoms with Gasteiger partial charge in [0.15, 0.2) is 0 Å². The second kappa shape index (κ2) is 14.7. The summed E-state index contributed by atoms with van der Waals surface area (Å²) in [6.45, 7) is 0. The first kappa shape index (κ1) is 38.1. The summed E-state index contributed by atoms with van der Waals surface area (Å²) in [4.78, 5) is 0. The van der Waals surface area contributed by atoms with Crippen LogP contribution in [-0.4, -0.2) is 13.7 Å². The van der Waals surface area contributed by atoms with Crippen molar-refractivity contribution in [3.63, 3.8) is 0 Å². The first-order valence-electron chi connectivity index (χ1n) is 22.7. The maximum Gasteiger partial charge on any atom is 0.0998 e. The van der Waals surface area contributed by atoms with E-state index in [1.165, 1.54) is 41.7 Å². The van der Waals surface area contributed by atoms with E-state index in [1.807, 2.05) is 53.8 Å². The standard InChI is InChI=1S/C62H35N5S/c63-36-40-31-39(38-15-3-1-4-16-38)32-41(37-64)60(40)49-28-27-43(65-52-23-11-8-20-45(52)50-34-51-46-21-10-14-26-58(46)68-59(51)35-57(50)65)33-56(49)67-54-25-13-9-22-48(54)61-55(67)30-29-47-44-19-7-12-24-53(44)66(62(47)61)42-17-5-2-6-18-42/h1-35H. The van der Waals surface area contributed by atoms with E-state index in [-0.39, 0.29) is 0 Å². The van der Waals surface area contributed by atoms with Gasteiger partial charge in [0.1, 0.15) is 0 Å². The fourth-order valence-electron chi connectivity index (χ4n) is 11.0. The van der Waals surface area contributed by atoms with E-state index >= 15 is 0 Å². The summed E-state index contributed by atoms with van der Waals surface area (Å²) >= 11 is 1.82. The lowest BCUT2D eigenvalue weighted by atomic mass is 9.90. The Bertz CT molecular complexity index is 4480. The molecule has 0 fully saturated rings. The molecule has 0 spiro atoms. The maximum atomic E-state index is 11.1. The monoisotopic (exact) mass is 881 g/mol. The van der Waals surface area contributed by atoms with Crippen molar-refractivity contribution in [3.05, 3.63) is 223 Å². The number of thiophene rings is 1. The van der Waals surface area contributed by atoms with E-state index < -0.39 is 0 Å². The van der Waals surface area contributed by atoms with Crippen molar-refractivity contribution < 1.29 is 0 Å². The first-order valence-corrected chi connectivity index (χ1v) is 23.5. The largest absolute Gasteiger partial charge is 0.309 e. The van der Waals surface area contributed by atoms with Crippen molar-refractivity contribution in [1.29, 1.82) is 10.5 Å². The van der Waals surface area contributed by atoms with Crippen LogP contribution in [0.25, 0.3) is 125 Å². The molecule has 5 nitrogen and oxygen atoms in total. The second-order valence-electron chi connectivity index (χ2n) is 17.5. The molecule has 0 amide bonds. The van der Waals surface area contributed by atoms with Gasteiger partial charge in [-0.05, 0) is 90.0 Å². The molecule has 6 heteroatoms. The summed E-state index contributed by atoms with van der Waals surface area (Å²) in [7, 11) is 0. The van der Waals surface area contributed by atoms with Gasteiger partial charge in [-0.3, -0.25) is 0 Å². The molecule has 14 aromatic rings. The molecular weight excluding hydrogens is 847 g/mol. The van der Waals surface area contributed by atoms with Gasteiger partial charge in [0.05, 0.1) is 62.1 Å². The number of benzene rings is 10. The van der Waals surface area contributed by atoms with Crippen molar-refractivity contribution in [2.24, 2.45) is 0 Å². The Hall–Kier alpha value is -9.20. The highest BCUT2D eigenvalue weighted by Gasteiger charge is 2.25. The van der Waals surface area contributed by atoms with Gasteiger partial charge in [0, 0.05) is 75.0 Å². The van der Waals surface area contributed by atoms with Gasteiger partial charge < -0.3 is 13.7 Å². The lowest BCUT2D eigenvalue weighted by Gasteiger charge is -2.19. The number of nitriles is 2. The minimum atomic E-state index is 0.438. The Kier molecular flexibility index (Phi) is 8.21. The fraction of sp³-hybridized carbons (Fsp3) is 0. The predicted molar refractivity (Wildman–Crippen MR) is 283 cm³/mol. The molecule has 0 radical (unpaired) electrons. The number of para-hydroxylation sites is 4. The summed E-state index contributed by atoms with van der Waals surface area (Å²) < 4.78 is 9.65. The van der Waals surface area contributed by atoms with Gasteiger partial charge in [0.25, 0.3) is 0 Å². The zero-order valence-corrected chi connectivity index (χ0v) is 37.2. The maximum absolute atomic E-state index is 11.1. The zero-order valence-electron chi connectivity index (χ0n) is 36.4. The average molecular weight is 882 g/mol. The Morgan fingerprint density at radius 3 is 1.68 bits per heavy atom. The fourth-order valence-corrected chi connectivity index (χ4v) is 12.2. The van der Waals surface area contributed by atoms with Crippen molar-refractivity contribution in [1.82, 2.24) is 13.7 Å². The highest BCUT2D eigenvalue weighted by Crippen LogP contribution is 2.46. The van der Waals surface area contributed by atoms with Gasteiger partial charge in [0.2, 0.25) is 0 Å². The molecule has 4 heterocycles. The molecule has 14 rings (SSSR count). The number of hydrogen-bond acceptors (Lipinski definition) is 3. The number of hydrogen-bond donors (Lipinski definition) is 0. The third kappa shape index (κ3) is 5.41. The molecule has 0 N–H and O–H groups in total. The van der Waals surface area contributed by atoms with E-state index in [9.17, 15) is 10.5 Å². The molecule has 0 aliphatic heterocycles.